The monoisotopic (exact) mass is 345 g/mol. The molecule has 1 aromatic carbocycles. The van der Waals surface area contributed by atoms with Crippen LogP contribution in [0, 0.1) is 12.8 Å². The molecule has 1 aliphatic carbocycles. The normalized spacial score (nSPS) is 30.1. The molecule has 138 valence electrons. The van der Waals surface area contributed by atoms with Crippen LogP contribution < -0.4 is 11.1 Å². The van der Waals surface area contributed by atoms with Crippen LogP contribution >= 0.6 is 0 Å². The summed E-state index contributed by atoms with van der Waals surface area (Å²) in [6, 6.07) is 8.57. The number of hydrogen-bond donors (Lipinski definition) is 2. The van der Waals surface area contributed by atoms with Gasteiger partial charge in [-0.3, -0.25) is 0 Å². The quantitative estimate of drug-likeness (QED) is 0.885. The summed E-state index contributed by atoms with van der Waals surface area (Å²) in [6.45, 7) is 5.95. The minimum atomic E-state index is -0.0557. The smallest absolute Gasteiger partial charge is 0.318 e. The number of morpholine rings is 1. The number of rotatable bonds is 3. The van der Waals surface area contributed by atoms with E-state index < -0.39 is 0 Å². The first kappa shape index (κ1) is 18.2. The van der Waals surface area contributed by atoms with E-state index in [1.54, 1.807) is 0 Å². The van der Waals surface area contributed by atoms with Gasteiger partial charge in [-0.25, -0.2) is 4.79 Å². The van der Waals surface area contributed by atoms with Crippen LogP contribution in [0.3, 0.4) is 0 Å². The molecule has 2 amide bonds. The fourth-order valence-corrected chi connectivity index (χ4v) is 4.10. The number of nitrogens with one attached hydrogen (secondary N) is 1. The summed E-state index contributed by atoms with van der Waals surface area (Å²) >= 11 is 0. The topological polar surface area (TPSA) is 67.6 Å². The molecule has 1 aliphatic heterocycles. The third-order valence-electron chi connectivity index (χ3n) is 5.75. The van der Waals surface area contributed by atoms with E-state index >= 15 is 0 Å². The van der Waals surface area contributed by atoms with E-state index in [2.05, 4.69) is 31.3 Å². The summed E-state index contributed by atoms with van der Waals surface area (Å²) in [7, 11) is 0. The van der Waals surface area contributed by atoms with Crippen LogP contribution in [0.1, 0.15) is 49.8 Å². The van der Waals surface area contributed by atoms with E-state index in [4.69, 9.17) is 10.5 Å². The summed E-state index contributed by atoms with van der Waals surface area (Å²) in [4.78, 5) is 14.9. The first-order valence-corrected chi connectivity index (χ1v) is 9.54. The summed E-state index contributed by atoms with van der Waals surface area (Å²) in [5.41, 5.74) is 8.28. The number of carbonyl (C=O) groups excluding carboxylic acids is 1. The zero-order valence-corrected chi connectivity index (χ0v) is 15.4. The van der Waals surface area contributed by atoms with E-state index in [0.717, 1.165) is 12.8 Å². The predicted molar refractivity (Wildman–Crippen MR) is 99.4 cm³/mol. The van der Waals surface area contributed by atoms with Gasteiger partial charge in [0.15, 0.2) is 0 Å². The number of hydrogen-bond acceptors (Lipinski definition) is 3. The zero-order valence-electron chi connectivity index (χ0n) is 15.4. The molecule has 0 aromatic heterocycles. The third-order valence-corrected chi connectivity index (χ3v) is 5.75. The lowest BCUT2D eigenvalue weighted by Crippen LogP contribution is -2.56. The van der Waals surface area contributed by atoms with Gasteiger partial charge in [0.2, 0.25) is 0 Å². The first-order valence-electron chi connectivity index (χ1n) is 9.54. The molecule has 1 aromatic rings. The lowest BCUT2D eigenvalue weighted by Gasteiger charge is -2.40. The van der Waals surface area contributed by atoms with Crippen LogP contribution in [0.2, 0.25) is 0 Å². The lowest BCUT2D eigenvalue weighted by molar-refractivity contribution is -0.0437. The van der Waals surface area contributed by atoms with E-state index in [1.165, 1.54) is 24.0 Å². The highest BCUT2D eigenvalue weighted by atomic mass is 16.5. The van der Waals surface area contributed by atoms with Gasteiger partial charge in [0.1, 0.15) is 6.10 Å². The SMILES string of the molecule is Cc1ccccc1C1CN(C(=O)NC2CCCCC2CN)C(C)CO1. The highest BCUT2D eigenvalue weighted by molar-refractivity contribution is 5.75. The maximum Gasteiger partial charge on any atom is 0.318 e. The predicted octanol–water partition coefficient (Wildman–Crippen LogP) is 2.98. The Morgan fingerprint density at radius 2 is 2.08 bits per heavy atom. The van der Waals surface area contributed by atoms with Gasteiger partial charge in [0, 0.05) is 6.04 Å². The van der Waals surface area contributed by atoms with Gasteiger partial charge in [-0.15, -0.1) is 0 Å². The van der Waals surface area contributed by atoms with Crippen molar-refractivity contribution < 1.29 is 9.53 Å². The molecule has 25 heavy (non-hydrogen) atoms. The average molecular weight is 345 g/mol. The number of ether oxygens (including phenoxy) is 1. The molecule has 4 atom stereocenters. The number of amides is 2. The van der Waals surface area contributed by atoms with Crippen molar-refractivity contribution in [2.45, 2.75) is 57.7 Å². The largest absolute Gasteiger partial charge is 0.370 e. The lowest BCUT2D eigenvalue weighted by atomic mass is 9.84. The van der Waals surface area contributed by atoms with Crippen molar-refractivity contribution >= 4 is 6.03 Å². The molecule has 0 bridgehead atoms. The molecule has 1 saturated carbocycles. The van der Waals surface area contributed by atoms with Crippen LogP contribution in [0.5, 0.6) is 0 Å². The molecule has 3 N–H and O–H groups in total. The maximum atomic E-state index is 12.9. The van der Waals surface area contributed by atoms with Gasteiger partial charge in [-0.2, -0.15) is 0 Å². The van der Waals surface area contributed by atoms with Crippen LogP contribution in [-0.4, -0.2) is 42.7 Å². The summed E-state index contributed by atoms with van der Waals surface area (Å²) in [6.07, 6.45) is 4.49. The van der Waals surface area contributed by atoms with Gasteiger partial charge in [0.05, 0.1) is 19.2 Å². The van der Waals surface area contributed by atoms with Crippen molar-refractivity contribution in [3.8, 4) is 0 Å². The van der Waals surface area contributed by atoms with Gasteiger partial charge >= 0.3 is 6.03 Å². The minimum Gasteiger partial charge on any atom is -0.370 e. The van der Waals surface area contributed by atoms with Crippen molar-refractivity contribution in [2.24, 2.45) is 11.7 Å². The fraction of sp³-hybridized carbons (Fsp3) is 0.650. The van der Waals surface area contributed by atoms with E-state index in [-0.39, 0.29) is 24.2 Å². The molecule has 0 spiro atoms. The summed E-state index contributed by atoms with van der Waals surface area (Å²) in [5, 5.41) is 3.26. The van der Waals surface area contributed by atoms with Crippen LogP contribution in [0.4, 0.5) is 4.79 Å². The van der Waals surface area contributed by atoms with E-state index in [1.807, 2.05) is 17.0 Å². The maximum absolute atomic E-state index is 12.9. The number of aryl methyl sites for hydroxylation is 1. The Kier molecular flexibility index (Phi) is 5.97. The number of urea groups is 1. The van der Waals surface area contributed by atoms with Crippen molar-refractivity contribution in [3.05, 3.63) is 35.4 Å². The Morgan fingerprint density at radius 3 is 2.84 bits per heavy atom. The zero-order chi connectivity index (χ0) is 17.8. The second-order valence-corrected chi connectivity index (χ2v) is 7.52. The van der Waals surface area contributed by atoms with Crippen molar-refractivity contribution in [1.29, 1.82) is 0 Å². The van der Waals surface area contributed by atoms with Crippen molar-refractivity contribution in [1.82, 2.24) is 10.2 Å². The number of carbonyl (C=O) groups is 1. The Morgan fingerprint density at radius 1 is 1.32 bits per heavy atom. The fourth-order valence-electron chi connectivity index (χ4n) is 4.10. The molecule has 5 nitrogen and oxygen atoms in total. The summed E-state index contributed by atoms with van der Waals surface area (Å²) < 4.78 is 6.03. The molecule has 2 fully saturated rings. The van der Waals surface area contributed by atoms with E-state index in [0.29, 0.717) is 25.6 Å². The van der Waals surface area contributed by atoms with Gasteiger partial charge < -0.3 is 20.7 Å². The highest BCUT2D eigenvalue weighted by Crippen LogP contribution is 2.28. The molecule has 0 radical (unpaired) electrons. The molecule has 3 rings (SSSR count). The standard InChI is InChI=1S/C20H31N3O2/c1-14-7-3-5-9-17(14)19-12-23(15(2)13-25-19)20(24)22-18-10-6-4-8-16(18)11-21/h3,5,7,9,15-16,18-19H,4,6,8,10-13,21H2,1-2H3,(H,22,24). The molecular formula is C20H31N3O2. The van der Waals surface area contributed by atoms with Crippen molar-refractivity contribution in [3.63, 3.8) is 0 Å². The average Bonchev–Trinajstić information content (AvgIpc) is 2.63. The number of nitrogens with two attached hydrogens (primary N) is 1. The number of benzene rings is 1. The van der Waals surface area contributed by atoms with Gasteiger partial charge in [-0.1, -0.05) is 37.1 Å². The second-order valence-electron chi connectivity index (χ2n) is 7.52. The minimum absolute atomic E-state index is 0.0275. The molecule has 1 heterocycles. The summed E-state index contributed by atoms with van der Waals surface area (Å²) in [5.74, 6) is 0.404. The first-order chi connectivity index (χ1) is 12.1. The Balaban J connectivity index is 1.67. The van der Waals surface area contributed by atoms with Crippen LogP contribution in [0.15, 0.2) is 24.3 Å². The van der Waals surface area contributed by atoms with Gasteiger partial charge in [-0.05, 0) is 50.3 Å². The second kappa shape index (κ2) is 8.19. The Bertz CT molecular complexity index is 592. The third kappa shape index (κ3) is 4.15. The highest BCUT2D eigenvalue weighted by Gasteiger charge is 2.33. The number of nitrogens with zero attached hydrogens (tertiary/aromatic N) is 1. The van der Waals surface area contributed by atoms with Crippen LogP contribution in [0.25, 0.3) is 0 Å². The van der Waals surface area contributed by atoms with Gasteiger partial charge in [0.25, 0.3) is 0 Å². The van der Waals surface area contributed by atoms with E-state index in [9.17, 15) is 4.79 Å². The molecule has 4 unspecified atom stereocenters. The molecular weight excluding hydrogens is 314 g/mol. The molecule has 2 aliphatic rings. The van der Waals surface area contributed by atoms with Crippen molar-refractivity contribution in [2.75, 3.05) is 19.7 Å². The molecule has 1 saturated heterocycles. The Hall–Kier alpha value is -1.59. The van der Waals surface area contributed by atoms with Crippen LogP contribution in [-0.2, 0) is 4.74 Å². The molecule has 5 heteroatoms. The Labute approximate surface area is 150 Å².